The molecule has 0 spiro atoms. The number of hydrogen-bond acceptors (Lipinski definition) is 28. The molecule has 38 heteroatoms. The number of nitrogens with zero attached hydrogens (tertiary/aromatic N) is 9. The molecule has 642 valence electrons. The van der Waals surface area contributed by atoms with Crippen LogP contribution >= 0.6 is 23.5 Å². The Kier molecular flexibility index (Phi) is 42.9. The Morgan fingerprint density at radius 3 is 1.08 bits per heavy atom. The number of carbonyl (C=O) groups is 1. The second kappa shape index (κ2) is 51.3. The monoisotopic (exact) mass is 1780 g/mol. The van der Waals surface area contributed by atoms with E-state index in [2.05, 4.69) is 116 Å². The highest BCUT2D eigenvalue weighted by Crippen LogP contribution is 2.24. The number of sulfonamides is 1. The lowest BCUT2D eigenvalue weighted by atomic mass is 10.1. The summed E-state index contributed by atoms with van der Waals surface area (Å²) < 4.78 is 110. The van der Waals surface area contributed by atoms with E-state index in [9.17, 15) is 34.3 Å². The average Bonchev–Trinajstić information content (AvgIpc) is 1.70. The smallest absolute Gasteiger partial charge is 0.323 e. The molecule has 0 fully saturated rings. The fourth-order valence-electron chi connectivity index (χ4n) is 8.48. The van der Waals surface area contributed by atoms with Crippen molar-refractivity contribution in [3.63, 3.8) is 0 Å². The van der Waals surface area contributed by atoms with Gasteiger partial charge in [-0.05, 0) is 243 Å². The first-order valence-electron chi connectivity index (χ1n) is 37.4. The van der Waals surface area contributed by atoms with Crippen LogP contribution in [-0.4, -0.2) is 135 Å². The minimum atomic E-state index is -3.70. The van der Waals surface area contributed by atoms with Crippen molar-refractivity contribution in [2.45, 2.75) is 173 Å². The summed E-state index contributed by atoms with van der Waals surface area (Å²) in [5.74, 6) is 1.18. The van der Waals surface area contributed by atoms with E-state index in [4.69, 9.17) is 31.6 Å². The summed E-state index contributed by atoms with van der Waals surface area (Å²) in [5.41, 5.74) is 19.0. The van der Waals surface area contributed by atoms with Gasteiger partial charge in [-0.15, -0.1) is 53.5 Å². The Labute approximate surface area is 718 Å². The molecule has 0 amide bonds. The van der Waals surface area contributed by atoms with Crippen molar-refractivity contribution in [1.82, 2.24) is 72.6 Å². The van der Waals surface area contributed by atoms with Gasteiger partial charge in [0.25, 0.3) is 10.0 Å². The standard InChI is InChI=1S/C19H21N5O4S2.C19H23N5O2S2.C18H23N3O4S2.C13H19NO2S.C12H19NO3S/c1-12(2)17(19(25)26)22-28-30(27)16-10-4-13(5-11-16)18-20-23-24(21-18)14-6-8-15(29-3)9-7-14;1-13(2)14(3)22-26-28(25)18-11-5-15(6-12-18)19-20-23-24(21-19)16-7-9-17(27-4)10-8-16;1-14(2)15(3)20-25-26(22)17-11-9-16(10-12-17)13-19-21-27(23,24)18-7-5-4-6-8-18;1-5-12-6-8-13(9-7-12)17(15)16-14-11(4)10(2)3;1-9(2)10(3)13-16-17(15)12-6-4-11(8-14)5-7-12/h4-12,17,22H,1-3H3,(H,25,26);5-14,22H,1-4H3;4-15,20-21H,1-3H3;5-11,14H,1H2,2-4H3;4-7,9-10,13-14H,8H2,1-3H3/b;;19-13-;;. The van der Waals surface area contributed by atoms with Gasteiger partial charge >= 0.3 is 5.97 Å². The molecule has 0 saturated carbocycles. The van der Waals surface area contributed by atoms with Gasteiger partial charge in [-0.1, -0.05) is 136 Å². The molecular formula is C81H105N15O15S8. The van der Waals surface area contributed by atoms with Gasteiger partial charge in [0.1, 0.15) is 6.04 Å². The van der Waals surface area contributed by atoms with E-state index in [0.717, 1.165) is 33.0 Å². The Morgan fingerprint density at radius 1 is 0.454 bits per heavy atom. The summed E-state index contributed by atoms with van der Waals surface area (Å²) in [4.78, 5) is 21.3. The molecule has 10 aromatic rings. The fourth-order valence-corrected chi connectivity index (χ4v) is 13.5. The van der Waals surface area contributed by atoms with E-state index in [1.165, 1.54) is 32.8 Å². The molecule has 0 aliphatic heterocycles. The second-order valence-electron chi connectivity index (χ2n) is 27.9. The molecular weight excluding hydrogens is 1680 g/mol. The molecule has 119 heavy (non-hydrogen) atoms. The average molecular weight is 1790 g/mol. The first-order chi connectivity index (χ1) is 56.7. The van der Waals surface area contributed by atoms with Crippen molar-refractivity contribution >= 4 is 107 Å². The number of hydrazone groups is 1. The number of carboxylic acids is 1. The number of tetrazole rings is 2. The van der Waals surface area contributed by atoms with Crippen LogP contribution in [0.25, 0.3) is 40.2 Å². The summed E-state index contributed by atoms with van der Waals surface area (Å²) in [6.45, 7) is 31.4. The van der Waals surface area contributed by atoms with Gasteiger partial charge in [0.05, 0.1) is 53.6 Å². The van der Waals surface area contributed by atoms with Gasteiger partial charge < -0.3 is 10.2 Å². The van der Waals surface area contributed by atoms with Crippen LogP contribution in [0.2, 0.25) is 0 Å². The van der Waals surface area contributed by atoms with Crippen LogP contribution in [0.15, 0.2) is 251 Å². The summed E-state index contributed by atoms with van der Waals surface area (Å²) in [6, 6.07) is 57.6. The van der Waals surface area contributed by atoms with Crippen LogP contribution in [-0.2, 0) is 98.2 Å². The van der Waals surface area contributed by atoms with Crippen molar-refractivity contribution in [3.05, 3.63) is 223 Å². The van der Waals surface area contributed by atoms with Gasteiger partial charge in [0.15, 0.2) is 0 Å². The van der Waals surface area contributed by atoms with Gasteiger partial charge in [-0.25, -0.2) is 25.9 Å². The number of rotatable bonds is 38. The highest BCUT2D eigenvalue weighted by atomic mass is 32.2. The number of aliphatic hydroxyl groups is 1. The summed E-state index contributed by atoms with van der Waals surface area (Å²) >= 11 is -4.76. The predicted octanol–water partition coefficient (Wildman–Crippen LogP) is 13.6. The van der Waals surface area contributed by atoms with Crippen LogP contribution in [0.3, 0.4) is 0 Å². The summed E-state index contributed by atoms with van der Waals surface area (Å²) in [6.07, 6.45) is 7.15. The minimum Gasteiger partial charge on any atom is -0.480 e. The van der Waals surface area contributed by atoms with Gasteiger partial charge in [-0.3, -0.25) is 4.79 Å². The van der Waals surface area contributed by atoms with Crippen LogP contribution < -0.4 is 32.2 Å². The maximum atomic E-state index is 12.3. The molecule has 0 aliphatic rings. The largest absolute Gasteiger partial charge is 0.480 e. The van der Waals surface area contributed by atoms with Gasteiger partial charge in [-0.2, -0.15) is 62.3 Å². The number of carboxylic acid groups (broad SMARTS) is 1. The fraction of sp³-hybridized carbons (Fsp3) is 0.333. The lowest BCUT2D eigenvalue weighted by Gasteiger charge is -2.16. The van der Waals surface area contributed by atoms with E-state index < -0.39 is 77.4 Å². The molecule has 2 heterocycles. The Hall–Kier alpha value is -8.46. The van der Waals surface area contributed by atoms with Crippen molar-refractivity contribution in [2.24, 2.45) is 34.7 Å². The van der Waals surface area contributed by atoms with Crippen molar-refractivity contribution < 1.29 is 65.9 Å². The molecule has 0 radical (unpaired) electrons. The van der Waals surface area contributed by atoms with Crippen molar-refractivity contribution in [3.8, 4) is 34.2 Å². The Bertz CT molecular complexity index is 4980. The Morgan fingerprint density at radius 2 is 0.773 bits per heavy atom. The molecule has 0 aliphatic carbocycles. The molecule has 8 N–H and O–H groups in total. The van der Waals surface area contributed by atoms with Crippen LogP contribution in [0.4, 0.5) is 0 Å². The molecule has 10 atom stereocenters. The van der Waals surface area contributed by atoms with E-state index >= 15 is 0 Å². The number of hydrogen-bond donors (Lipinski definition) is 8. The number of hydroxylamine groups is 5. The van der Waals surface area contributed by atoms with Crippen LogP contribution in [0.1, 0.15) is 114 Å². The third-order valence-electron chi connectivity index (χ3n) is 17.6. The highest BCUT2D eigenvalue weighted by Gasteiger charge is 2.24. The normalized spacial score (nSPS) is 14.0. The first kappa shape index (κ1) is 99.4. The number of aromatic nitrogens is 8. The van der Waals surface area contributed by atoms with E-state index in [1.54, 1.807) is 171 Å². The van der Waals surface area contributed by atoms with Gasteiger partial charge in [0.2, 0.25) is 67.1 Å². The molecule has 10 unspecified atom stereocenters. The highest BCUT2D eigenvalue weighted by molar-refractivity contribution is 7.98. The quantitative estimate of drug-likeness (QED) is 0.0101. The maximum absolute atomic E-state index is 12.3. The minimum absolute atomic E-state index is 0.0175. The number of aliphatic carboxylic acids is 1. The molecule has 8 aromatic carbocycles. The Balaban J connectivity index is 0.000000235. The SMILES string of the molecule is C=Cc1ccc(S(=O)ONC(C)C(C)C)cc1.CC(C)C(C)NOS(=O)c1ccc(/C=N\NS(=O)(=O)c2ccccc2)cc1.CC(C)C(C)NOS(=O)c1ccc(CO)cc1.CSc1ccc(-n2nnc(-c3ccc(S(=O)ONC(C(=O)O)C(C)C)cc3)n2)cc1.CSc1ccc(-n2nnc(-c3ccc(S(=O)ONC(C)C(C)C)cc3)n2)cc1. The third-order valence-corrected chi connectivity index (χ3v) is 24.8. The van der Waals surface area contributed by atoms with E-state index in [0.29, 0.717) is 70.9 Å². The molecule has 0 bridgehead atoms. The van der Waals surface area contributed by atoms with E-state index in [1.807, 2.05) is 115 Å². The summed E-state index contributed by atoms with van der Waals surface area (Å²) in [5, 5.41) is 47.0. The number of benzene rings is 8. The molecule has 30 nitrogen and oxygen atoms in total. The second-order valence-corrected chi connectivity index (χ2v) is 36.9. The summed E-state index contributed by atoms with van der Waals surface area (Å²) in [7, 11) is -3.70. The maximum Gasteiger partial charge on any atom is 0.323 e. The number of aliphatic hydroxyl groups excluding tert-OH is 1. The molecule has 0 saturated heterocycles. The molecule has 10 rings (SSSR count). The lowest BCUT2D eigenvalue weighted by molar-refractivity contribution is -0.143. The van der Waals surface area contributed by atoms with Crippen LogP contribution in [0, 0.1) is 29.6 Å². The lowest BCUT2D eigenvalue weighted by Crippen LogP contribution is -2.41. The zero-order valence-corrected chi connectivity index (χ0v) is 75.4. The van der Waals surface area contributed by atoms with E-state index in [-0.39, 0.29) is 41.6 Å². The third kappa shape index (κ3) is 33.8. The number of thioether (sulfide) groups is 2. The van der Waals surface area contributed by atoms with Crippen molar-refractivity contribution in [2.75, 3.05) is 12.5 Å². The zero-order valence-electron chi connectivity index (χ0n) is 68.9. The zero-order chi connectivity index (χ0) is 87.3. The predicted molar refractivity (Wildman–Crippen MR) is 469 cm³/mol. The van der Waals surface area contributed by atoms with Gasteiger partial charge in [0, 0.05) is 45.1 Å². The number of nitrogens with one attached hydrogen (secondary N) is 6. The van der Waals surface area contributed by atoms with Crippen molar-refractivity contribution in [1.29, 1.82) is 0 Å². The topological polar surface area (TPSA) is 395 Å². The van der Waals surface area contributed by atoms with Crippen LogP contribution in [0.5, 0.6) is 0 Å². The molecule has 2 aromatic heterocycles. The first-order valence-corrected chi connectivity index (χ1v) is 46.7.